The second-order valence-corrected chi connectivity index (χ2v) is 11.7. The molecule has 22 heavy (non-hydrogen) atoms. The quantitative estimate of drug-likeness (QED) is 0.371. The molecule has 0 amide bonds. The van der Waals surface area contributed by atoms with E-state index in [1.807, 2.05) is 7.11 Å². The zero-order valence-corrected chi connectivity index (χ0v) is 16.5. The first-order valence-corrected chi connectivity index (χ1v) is 12.8. The molecular weight excluding hydrogens is 284 g/mol. The number of hydrogen-bond acceptors (Lipinski definition) is 1. The Morgan fingerprint density at radius 1 is 0.864 bits per heavy atom. The Bertz CT molecular complexity index is 237. The highest BCUT2D eigenvalue weighted by molar-refractivity contribution is 6.58. The number of unbranched alkanes of at least 4 members (excludes halogenated alkanes) is 2. The molecule has 130 valence electrons. The van der Waals surface area contributed by atoms with Crippen molar-refractivity contribution in [2.45, 2.75) is 95.7 Å². The van der Waals surface area contributed by atoms with Crippen LogP contribution in [-0.4, -0.2) is 22.5 Å². The first-order chi connectivity index (χ1) is 10.8. The lowest BCUT2D eigenvalue weighted by Gasteiger charge is -2.37. The van der Waals surface area contributed by atoms with Gasteiger partial charge in [0.25, 0.3) is 0 Å². The Balaban J connectivity index is 1.58. The maximum Gasteiger partial charge on any atom is 0.0462 e. The predicted molar refractivity (Wildman–Crippen MR) is 100 cm³/mol. The van der Waals surface area contributed by atoms with Gasteiger partial charge in [0.15, 0.2) is 0 Å². The monoisotopic (exact) mass is 324 g/mol. The van der Waals surface area contributed by atoms with E-state index in [-0.39, 0.29) is 8.80 Å². The fourth-order valence-electron chi connectivity index (χ4n) is 5.10. The van der Waals surface area contributed by atoms with Gasteiger partial charge in [-0.05, 0) is 43.4 Å². The van der Waals surface area contributed by atoms with Crippen molar-refractivity contribution in [3.8, 4) is 0 Å². The van der Waals surface area contributed by atoms with Gasteiger partial charge >= 0.3 is 0 Å². The largest absolute Gasteiger partial charge is 0.385 e. The van der Waals surface area contributed by atoms with E-state index in [1.165, 1.54) is 38.5 Å². The third kappa shape index (κ3) is 6.35. The van der Waals surface area contributed by atoms with Crippen molar-refractivity contribution in [2.75, 3.05) is 13.7 Å². The summed E-state index contributed by atoms with van der Waals surface area (Å²) in [5, 5.41) is 0. The lowest BCUT2D eigenvalue weighted by molar-refractivity contribution is 0.160. The van der Waals surface area contributed by atoms with Crippen LogP contribution in [0.4, 0.5) is 0 Å². The van der Waals surface area contributed by atoms with Crippen LogP contribution >= 0.6 is 0 Å². The SMILES string of the molecule is CCCCC[Si@H]1CC[C@H](C2CCC(CCCOC)CC2)CC1. The number of ether oxygens (including phenoxy) is 1. The van der Waals surface area contributed by atoms with E-state index >= 15 is 0 Å². The van der Waals surface area contributed by atoms with Crippen molar-refractivity contribution in [1.29, 1.82) is 0 Å². The van der Waals surface area contributed by atoms with Crippen LogP contribution in [0.2, 0.25) is 18.1 Å². The number of hydrogen-bond donors (Lipinski definition) is 0. The molecule has 2 fully saturated rings. The Morgan fingerprint density at radius 2 is 1.55 bits per heavy atom. The number of rotatable bonds is 9. The fourth-order valence-corrected chi connectivity index (χ4v) is 8.63. The molecule has 0 spiro atoms. The van der Waals surface area contributed by atoms with Crippen LogP contribution < -0.4 is 0 Å². The van der Waals surface area contributed by atoms with Gasteiger partial charge in [0.05, 0.1) is 0 Å². The second-order valence-electron chi connectivity index (χ2n) is 8.19. The van der Waals surface area contributed by atoms with Crippen molar-refractivity contribution >= 4 is 8.80 Å². The van der Waals surface area contributed by atoms with Crippen LogP contribution in [0.5, 0.6) is 0 Å². The second kappa shape index (κ2) is 10.9. The molecule has 1 aliphatic heterocycles. The van der Waals surface area contributed by atoms with E-state index < -0.39 is 0 Å². The van der Waals surface area contributed by atoms with Gasteiger partial charge in [0.1, 0.15) is 0 Å². The summed E-state index contributed by atoms with van der Waals surface area (Å²) in [6.07, 6.45) is 16.5. The van der Waals surface area contributed by atoms with Crippen LogP contribution in [-0.2, 0) is 4.74 Å². The van der Waals surface area contributed by atoms with Crippen molar-refractivity contribution in [3.63, 3.8) is 0 Å². The van der Waals surface area contributed by atoms with Crippen molar-refractivity contribution in [1.82, 2.24) is 0 Å². The summed E-state index contributed by atoms with van der Waals surface area (Å²) in [4.78, 5) is 0. The highest BCUT2D eigenvalue weighted by Gasteiger charge is 2.30. The van der Waals surface area contributed by atoms with Gasteiger partial charge in [-0.1, -0.05) is 70.0 Å². The summed E-state index contributed by atoms with van der Waals surface area (Å²) in [5.41, 5.74) is 0. The summed E-state index contributed by atoms with van der Waals surface area (Å²) >= 11 is 0. The molecule has 2 aliphatic rings. The maximum absolute atomic E-state index is 5.20. The molecule has 0 radical (unpaired) electrons. The van der Waals surface area contributed by atoms with Crippen LogP contribution in [0.25, 0.3) is 0 Å². The predicted octanol–water partition coefficient (Wildman–Crippen LogP) is 6.05. The Labute approximate surface area is 141 Å². The van der Waals surface area contributed by atoms with Crippen LogP contribution in [0, 0.1) is 17.8 Å². The van der Waals surface area contributed by atoms with Crippen molar-refractivity contribution in [3.05, 3.63) is 0 Å². The molecular formula is C20H40OSi. The van der Waals surface area contributed by atoms with Crippen LogP contribution in [0.15, 0.2) is 0 Å². The molecule has 2 rings (SSSR count). The minimum Gasteiger partial charge on any atom is -0.385 e. The molecule has 0 N–H and O–H groups in total. The Morgan fingerprint density at radius 3 is 2.18 bits per heavy atom. The molecule has 1 heterocycles. The molecule has 0 aromatic carbocycles. The average molecular weight is 325 g/mol. The third-order valence-corrected chi connectivity index (χ3v) is 10.2. The lowest BCUT2D eigenvalue weighted by Crippen LogP contribution is -2.28. The smallest absolute Gasteiger partial charge is 0.0462 e. The van der Waals surface area contributed by atoms with E-state index in [0.717, 1.165) is 24.4 Å². The van der Waals surface area contributed by atoms with E-state index in [1.54, 1.807) is 50.2 Å². The zero-order chi connectivity index (χ0) is 15.6. The van der Waals surface area contributed by atoms with E-state index in [9.17, 15) is 0 Å². The molecule has 0 atom stereocenters. The molecule has 0 bridgehead atoms. The van der Waals surface area contributed by atoms with E-state index in [2.05, 4.69) is 6.92 Å². The van der Waals surface area contributed by atoms with Gasteiger partial charge in [-0.3, -0.25) is 0 Å². The van der Waals surface area contributed by atoms with Gasteiger partial charge in [0.2, 0.25) is 0 Å². The maximum atomic E-state index is 5.20. The van der Waals surface area contributed by atoms with E-state index in [0.29, 0.717) is 0 Å². The molecule has 1 saturated heterocycles. The fraction of sp³-hybridized carbons (Fsp3) is 1.00. The van der Waals surface area contributed by atoms with E-state index in [4.69, 9.17) is 4.74 Å². The third-order valence-electron chi connectivity index (χ3n) is 6.63. The van der Waals surface area contributed by atoms with Gasteiger partial charge in [0, 0.05) is 22.5 Å². The van der Waals surface area contributed by atoms with Gasteiger partial charge in [-0.25, -0.2) is 0 Å². The molecule has 0 unspecified atom stereocenters. The zero-order valence-electron chi connectivity index (χ0n) is 15.3. The minimum absolute atomic E-state index is 0.296. The first kappa shape index (κ1) is 18.5. The van der Waals surface area contributed by atoms with Crippen molar-refractivity contribution in [2.24, 2.45) is 17.8 Å². The molecule has 1 nitrogen and oxygen atoms in total. The van der Waals surface area contributed by atoms with Crippen molar-refractivity contribution < 1.29 is 4.74 Å². The lowest BCUT2D eigenvalue weighted by atomic mass is 9.73. The topological polar surface area (TPSA) is 9.23 Å². The molecule has 1 aliphatic carbocycles. The van der Waals surface area contributed by atoms with Gasteiger partial charge in [-0.15, -0.1) is 0 Å². The summed E-state index contributed by atoms with van der Waals surface area (Å²) < 4.78 is 5.20. The first-order valence-electron chi connectivity index (χ1n) is 10.3. The molecule has 1 saturated carbocycles. The summed E-state index contributed by atoms with van der Waals surface area (Å²) in [5.74, 6) is 3.24. The molecule has 2 heteroatoms. The highest BCUT2D eigenvalue weighted by Crippen LogP contribution is 2.41. The molecule has 0 aromatic heterocycles. The Hall–Kier alpha value is 0.177. The molecule has 0 aromatic rings. The van der Waals surface area contributed by atoms with Crippen LogP contribution in [0.3, 0.4) is 0 Å². The number of methoxy groups -OCH3 is 1. The van der Waals surface area contributed by atoms with Gasteiger partial charge < -0.3 is 4.74 Å². The van der Waals surface area contributed by atoms with Gasteiger partial charge in [-0.2, -0.15) is 0 Å². The average Bonchev–Trinajstić information content (AvgIpc) is 2.57. The Kier molecular flexibility index (Phi) is 9.14. The van der Waals surface area contributed by atoms with Crippen LogP contribution in [0.1, 0.15) is 77.6 Å². The standard InChI is InChI=1S/C20H40OSi/c1-3-4-5-15-22-16-12-20(13-17-22)19-10-8-18(9-11-19)7-6-14-21-2/h18-20,22H,3-17H2,1-2H3/t18?,19?,20-,22-. The minimum atomic E-state index is -0.296. The summed E-state index contributed by atoms with van der Waals surface area (Å²) in [6, 6.07) is 5.02. The summed E-state index contributed by atoms with van der Waals surface area (Å²) in [7, 11) is 1.54. The summed E-state index contributed by atoms with van der Waals surface area (Å²) in [6.45, 7) is 3.30. The normalized spacial score (nSPS) is 33.0. The highest BCUT2D eigenvalue weighted by atomic mass is 28.3.